The SMILES string of the molecule is CC1(C)c2cc(N(c3ccccc3)c3ccc(-c4ccccc4-c4ccccc4)cc3)ccc2-c2ccc(-n3c4ccccc4c4cc(-c5ccccc5)ccc43)cc21. The van der Waals surface area contributed by atoms with Gasteiger partial charge in [0.15, 0.2) is 0 Å². The summed E-state index contributed by atoms with van der Waals surface area (Å²) in [7, 11) is 0. The Bertz CT molecular complexity index is 3160. The first-order valence-corrected chi connectivity index (χ1v) is 20.5. The van der Waals surface area contributed by atoms with Gasteiger partial charge in [-0.3, -0.25) is 0 Å². The zero-order valence-electron chi connectivity index (χ0n) is 33.2. The molecule has 2 heteroatoms. The molecule has 0 atom stereocenters. The number of hydrogen-bond donors (Lipinski definition) is 0. The number of anilines is 3. The first-order chi connectivity index (χ1) is 29.0. The Balaban J connectivity index is 0.984. The van der Waals surface area contributed by atoms with Gasteiger partial charge in [-0.15, -0.1) is 0 Å². The van der Waals surface area contributed by atoms with E-state index in [1.54, 1.807) is 0 Å². The molecule has 0 amide bonds. The molecule has 1 aromatic heterocycles. The monoisotopic (exact) mass is 754 g/mol. The van der Waals surface area contributed by atoms with Crippen LogP contribution in [0.5, 0.6) is 0 Å². The van der Waals surface area contributed by atoms with E-state index in [-0.39, 0.29) is 5.41 Å². The molecule has 1 aliphatic carbocycles. The highest BCUT2D eigenvalue weighted by atomic mass is 15.1. The molecule has 0 N–H and O–H groups in total. The maximum atomic E-state index is 2.45. The summed E-state index contributed by atoms with van der Waals surface area (Å²) >= 11 is 0. The highest BCUT2D eigenvalue weighted by molar-refractivity contribution is 6.10. The molecule has 280 valence electrons. The van der Waals surface area contributed by atoms with Crippen LogP contribution in [0.2, 0.25) is 0 Å². The lowest BCUT2D eigenvalue weighted by Gasteiger charge is -2.28. The van der Waals surface area contributed by atoms with Gasteiger partial charge in [0.1, 0.15) is 0 Å². The van der Waals surface area contributed by atoms with Crippen LogP contribution in [0.4, 0.5) is 17.1 Å². The lowest BCUT2D eigenvalue weighted by molar-refractivity contribution is 0.660. The van der Waals surface area contributed by atoms with Crippen LogP contribution in [0.1, 0.15) is 25.0 Å². The molecular formula is C57H42N2. The molecule has 0 saturated heterocycles. The van der Waals surface area contributed by atoms with Crippen LogP contribution in [0.3, 0.4) is 0 Å². The van der Waals surface area contributed by atoms with E-state index in [0.717, 1.165) is 17.1 Å². The van der Waals surface area contributed by atoms with Gasteiger partial charge in [-0.2, -0.15) is 0 Å². The van der Waals surface area contributed by atoms with E-state index in [1.807, 2.05) is 0 Å². The average molecular weight is 755 g/mol. The molecule has 59 heavy (non-hydrogen) atoms. The first kappa shape index (κ1) is 34.8. The Kier molecular flexibility index (Phi) is 8.20. The van der Waals surface area contributed by atoms with Crippen LogP contribution >= 0.6 is 0 Å². The minimum atomic E-state index is -0.219. The topological polar surface area (TPSA) is 8.17 Å². The quantitative estimate of drug-likeness (QED) is 0.157. The van der Waals surface area contributed by atoms with Crippen molar-refractivity contribution in [3.05, 3.63) is 230 Å². The van der Waals surface area contributed by atoms with Gasteiger partial charge in [0, 0.05) is 38.9 Å². The number of rotatable bonds is 7. The zero-order chi connectivity index (χ0) is 39.5. The van der Waals surface area contributed by atoms with Gasteiger partial charge in [-0.1, -0.05) is 166 Å². The van der Waals surface area contributed by atoms with Gasteiger partial charge in [0.25, 0.3) is 0 Å². The van der Waals surface area contributed by atoms with Gasteiger partial charge >= 0.3 is 0 Å². The van der Waals surface area contributed by atoms with Crippen LogP contribution in [-0.4, -0.2) is 4.57 Å². The second-order valence-electron chi connectivity index (χ2n) is 16.2. The van der Waals surface area contributed by atoms with E-state index < -0.39 is 0 Å². The number of aromatic nitrogens is 1. The third kappa shape index (κ3) is 5.79. The molecule has 1 heterocycles. The summed E-state index contributed by atoms with van der Waals surface area (Å²) in [5.74, 6) is 0. The van der Waals surface area contributed by atoms with Crippen LogP contribution in [0.15, 0.2) is 218 Å². The summed E-state index contributed by atoms with van der Waals surface area (Å²) < 4.78 is 2.45. The third-order valence-corrected chi connectivity index (χ3v) is 12.4. The van der Waals surface area contributed by atoms with E-state index >= 15 is 0 Å². The van der Waals surface area contributed by atoms with E-state index in [0.29, 0.717) is 0 Å². The van der Waals surface area contributed by atoms with Crippen LogP contribution in [0, 0.1) is 0 Å². The summed E-state index contributed by atoms with van der Waals surface area (Å²) in [5, 5.41) is 2.53. The Morgan fingerprint density at radius 2 is 0.847 bits per heavy atom. The molecule has 0 radical (unpaired) electrons. The number of benzene rings is 9. The Hall–Kier alpha value is -7.42. The molecule has 2 nitrogen and oxygen atoms in total. The Morgan fingerprint density at radius 3 is 1.56 bits per heavy atom. The largest absolute Gasteiger partial charge is 0.310 e. The Morgan fingerprint density at radius 1 is 0.339 bits per heavy atom. The number of fused-ring (bicyclic) bond motifs is 6. The molecule has 1 aliphatic rings. The molecule has 0 spiro atoms. The summed E-state index contributed by atoms with van der Waals surface area (Å²) in [6.45, 7) is 4.77. The Labute approximate surface area is 345 Å². The van der Waals surface area contributed by atoms with Crippen molar-refractivity contribution in [1.29, 1.82) is 0 Å². The normalized spacial score (nSPS) is 12.7. The van der Waals surface area contributed by atoms with E-state index in [4.69, 9.17) is 0 Å². The van der Waals surface area contributed by atoms with Crippen molar-refractivity contribution in [2.24, 2.45) is 0 Å². The zero-order valence-corrected chi connectivity index (χ0v) is 33.2. The predicted molar refractivity (Wildman–Crippen MR) is 249 cm³/mol. The number of nitrogens with zero attached hydrogens (tertiary/aromatic N) is 2. The second-order valence-corrected chi connectivity index (χ2v) is 16.2. The van der Waals surface area contributed by atoms with Gasteiger partial charge in [-0.05, 0) is 122 Å². The fourth-order valence-corrected chi connectivity index (χ4v) is 9.47. The molecular weight excluding hydrogens is 713 g/mol. The van der Waals surface area contributed by atoms with Crippen molar-refractivity contribution in [3.63, 3.8) is 0 Å². The van der Waals surface area contributed by atoms with E-state index in [1.165, 1.54) is 83.1 Å². The highest BCUT2D eigenvalue weighted by Gasteiger charge is 2.36. The van der Waals surface area contributed by atoms with Gasteiger partial charge in [0.2, 0.25) is 0 Å². The molecule has 11 rings (SSSR count). The van der Waals surface area contributed by atoms with Crippen molar-refractivity contribution >= 4 is 38.9 Å². The van der Waals surface area contributed by atoms with Gasteiger partial charge in [0.05, 0.1) is 11.0 Å². The maximum absolute atomic E-state index is 2.45. The number of para-hydroxylation sites is 2. The molecule has 0 unspecified atom stereocenters. The fraction of sp³-hybridized carbons (Fsp3) is 0.0526. The first-order valence-electron chi connectivity index (χ1n) is 20.5. The summed E-state index contributed by atoms with van der Waals surface area (Å²) in [4.78, 5) is 2.39. The van der Waals surface area contributed by atoms with Crippen LogP contribution in [0.25, 0.3) is 72.0 Å². The molecule has 0 fully saturated rings. The van der Waals surface area contributed by atoms with Crippen molar-refractivity contribution in [2.45, 2.75) is 19.3 Å². The standard InChI is InChI=1S/C57H42N2/c1-57(2)53-37-45(58(43-20-10-5-11-21-43)44-29-26-41(27-30-44)48-23-13-12-22-47(48)40-18-8-4-9-19-40)31-33-49(53)50-34-32-46(38-54(50)57)59-55-25-15-14-24-51(55)52-36-42(28-35-56(52)59)39-16-6-3-7-17-39/h3-38H,1-2H3. The van der Waals surface area contributed by atoms with Gasteiger partial charge < -0.3 is 9.47 Å². The lowest BCUT2D eigenvalue weighted by atomic mass is 9.82. The smallest absolute Gasteiger partial charge is 0.0541 e. The minimum absolute atomic E-state index is 0.219. The predicted octanol–water partition coefficient (Wildman–Crippen LogP) is 15.6. The third-order valence-electron chi connectivity index (χ3n) is 12.4. The molecule has 10 aromatic rings. The van der Waals surface area contributed by atoms with Crippen molar-refractivity contribution < 1.29 is 0 Å². The summed E-state index contributed by atoms with van der Waals surface area (Å²) in [5.41, 5.74) is 19.4. The minimum Gasteiger partial charge on any atom is -0.310 e. The molecule has 0 aliphatic heterocycles. The summed E-state index contributed by atoms with van der Waals surface area (Å²) in [6, 6.07) is 79.7. The van der Waals surface area contributed by atoms with E-state index in [2.05, 4.69) is 242 Å². The van der Waals surface area contributed by atoms with Crippen molar-refractivity contribution in [1.82, 2.24) is 4.57 Å². The van der Waals surface area contributed by atoms with Gasteiger partial charge in [-0.25, -0.2) is 0 Å². The fourth-order valence-electron chi connectivity index (χ4n) is 9.47. The molecule has 0 bridgehead atoms. The van der Waals surface area contributed by atoms with Crippen molar-refractivity contribution in [3.8, 4) is 50.2 Å². The number of hydrogen-bond acceptors (Lipinski definition) is 1. The average Bonchev–Trinajstić information content (AvgIpc) is 3.75. The van der Waals surface area contributed by atoms with E-state index in [9.17, 15) is 0 Å². The highest BCUT2D eigenvalue weighted by Crippen LogP contribution is 2.52. The molecule has 9 aromatic carbocycles. The summed E-state index contributed by atoms with van der Waals surface area (Å²) in [6.07, 6.45) is 0. The lowest BCUT2D eigenvalue weighted by Crippen LogP contribution is -2.17. The molecule has 0 saturated carbocycles. The van der Waals surface area contributed by atoms with Crippen LogP contribution in [-0.2, 0) is 5.41 Å². The van der Waals surface area contributed by atoms with Crippen molar-refractivity contribution in [2.75, 3.05) is 4.90 Å². The second kappa shape index (κ2) is 13.9. The van der Waals surface area contributed by atoms with Crippen LogP contribution < -0.4 is 4.90 Å². The maximum Gasteiger partial charge on any atom is 0.0541 e.